The summed E-state index contributed by atoms with van der Waals surface area (Å²) in [5, 5.41) is 0. The number of likely N-dealkylation sites (N-methyl/N-ethyl adjacent to an activating group) is 1. The van der Waals surface area contributed by atoms with Gasteiger partial charge in [-0.25, -0.2) is 0 Å². The molecule has 0 amide bonds. The molecule has 0 N–H and O–H groups in total. The molecular formula is C29H43NO8. The van der Waals surface area contributed by atoms with Crippen molar-refractivity contribution in [2.24, 2.45) is 5.92 Å². The summed E-state index contributed by atoms with van der Waals surface area (Å²) < 4.78 is 45.9. The van der Waals surface area contributed by atoms with E-state index in [1.165, 1.54) is 11.1 Å². The monoisotopic (exact) mass is 533 g/mol. The number of likely N-dealkylation sites (tertiary alicyclic amines) is 1. The molecule has 5 atom stereocenters. The lowest BCUT2D eigenvalue weighted by Gasteiger charge is -2.56. The Bertz CT molecular complexity index is 941. The highest BCUT2D eigenvalue weighted by molar-refractivity contribution is 5.62. The first kappa shape index (κ1) is 27.8. The van der Waals surface area contributed by atoms with Crippen LogP contribution in [0.5, 0.6) is 11.5 Å². The summed E-state index contributed by atoms with van der Waals surface area (Å²) >= 11 is 0. The van der Waals surface area contributed by atoms with Gasteiger partial charge in [-0.2, -0.15) is 0 Å². The van der Waals surface area contributed by atoms with Gasteiger partial charge in [-0.15, -0.1) is 0 Å². The van der Waals surface area contributed by atoms with Gasteiger partial charge in [-0.3, -0.25) is 0 Å². The fourth-order valence-corrected chi connectivity index (χ4v) is 6.66. The van der Waals surface area contributed by atoms with Crippen LogP contribution in [-0.2, 0) is 40.3 Å². The molecule has 2 heterocycles. The van der Waals surface area contributed by atoms with E-state index in [-0.39, 0.29) is 17.6 Å². The van der Waals surface area contributed by atoms with Crippen LogP contribution >= 0.6 is 0 Å². The second-order valence-corrected chi connectivity index (χ2v) is 10.4. The van der Waals surface area contributed by atoms with Gasteiger partial charge in [0, 0.05) is 30.0 Å². The molecule has 3 unspecified atom stereocenters. The highest BCUT2D eigenvalue weighted by atomic mass is 16.6. The minimum absolute atomic E-state index is 0.0484. The van der Waals surface area contributed by atoms with E-state index in [1.54, 1.807) is 14.2 Å². The topological polar surface area (TPSA) is 77.1 Å². The number of rotatable bonds is 17. The van der Waals surface area contributed by atoms with Crippen molar-refractivity contribution in [3.05, 3.63) is 35.4 Å². The smallest absolute Gasteiger partial charge is 0.165 e. The number of hydrogen-bond acceptors (Lipinski definition) is 9. The van der Waals surface area contributed by atoms with Gasteiger partial charge in [0.15, 0.2) is 11.5 Å². The molecule has 1 saturated heterocycles. The van der Waals surface area contributed by atoms with E-state index < -0.39 is 0 Å². The van der Waals surface area contributed by atoms with Gasteiger partial charge in [-0.05, 0) is 38.1 Å². The van der Waals surface area contributed by atoms with Crippen LogP contribution in [0.3, 0.4) is 0 Å². The lowest BCUT2D eigenvalue weighted by Crippen LogP contribution is -2.65. The molecule has 212 valence electrons. The lowest BCUT2D eigenvalue weighted by atomic mass is 9.53. The zero-order chi connectivity index (χ0) is 26.4. The average Bonchev–Trinajstić information content (AvgIpc) is 3.28. The molecule has 0 aromatic heterocycles. The minimum Gasteiger partial charge on any atom is -0.493 e. The molecule has 9 nitrogen and oxygen atoms in total. The summed E-state index contributed by atoms with van der Waals surface area (Å²) in [5.74, 6) is 2.18. The summed E-state index contributed by atoms with van der Waals surface area (Å²) in [7, 11) is 5.63. The van der Waals surface area contributed by atoms with E-state index in [0.29, 0.717) is 78.0 Å². The molecule has 2 bridgehead atoms. The van der Waals surface area contributed by atoms with Crippen LogP contribution in [0.25, 0.3) is 0 Å². The fraction of sp³-hybridized carbons (Fsp3) is 0.724. The van der Waals surface area contributed by atoms with Gasteiger partial charge >= 0.3 is 0 Å². The molecule has 2 aliphatic carbocycles. The SMILES string of the molecule is COCCOCCOCCOCCOCCO[C@H]1C=CC2C3Cc4ccc(OC)c5c4[C@@]2(CCN3C)C1O5. The highest BCUT2D eigenvalue weighted by Crippen LogP contribution is 2.62. The highest BCUT2D eigenvalue weighted by Gasteiger charge is 2.64. The molecule has 4 aliphatic rings. The van der Waals surface area contributed by atoms with Crippen LogP contribution in [0.2, 0.25) is 0 Å². The Labute approximate surface area is 226 Å². The first-order valence-corrected chi connectivity index (χ1v) is 13.9. The van der Waals surface area contributed by atoms with Gasteiger partial charge in [0.25, 0.3) is 0 Å². The molecule has 1 spiro atoms. The maximum atomic E-state index is 6.72. The quantitative estimate of drug-likeness (QED) is 0.221. The van der Waals surface area contributed by atoms with Crippen LogP contribution in [-0.4, -0.2) is 117 Å². The number of ether oxygens (including phenoxy) is 8. The fourth-order valence-electron chi connectivity index (χ4n) is 6.66. The van der Waals surface area contributed by atoms with Gasteiger partial charge < -0.3 is 42.8 Å². The van der Waals surface area contributed by atoms with Gasteiger partial charge in [0.2, 0.25) is 0 Å². The number of hydrogen-bond donors (Lipinski definition) is 0. The molecule has 5 rings (SSSR count). The number of methoxy groups -OCH3 is 2. The van der Waals surface area contributed by atoms with Crippen molar-refractivity contribution in [2.45, 2.75) is 36.5 Å². The van der Waals surface area contributed by atoms with Crippen molar-refractivity contribution >= 4 is 0 Å². The predicted molar refractivity (Wildman–Crippen MR) is 141 cm³/mol. The maximum Gasteiger partial charge on any atom is 0.165 e. The van der Waals surface area contributed by atoms with Gasteiger partial charge in [0.1, 0.15) is 12.2 Å². The van der Waals surface area contributed by atoms with Crippen molar-refractivity contribution in [3.8, 4) is 11.5 Å². The number of nitrogens with zero attached hydrogens (tertiary/aromatic N) is 1. The maximum absolute atomic E-state index is 6.72. The molecule has 9 heteroatoms. The van der Waals surface area contributed by atoms with Crippen molar-refractivity contribution in [1.29, 1.82) is 0 Å². The Kier molecular flexibility index (Phi) is 9.59. The normalized spacial score (nSPS) is 28.8. The van der Waals surface area contributed by atoms with E-state index >= 15 is 0 Å². The molecule has 0 saturated carbocycles. The zero-order valence-corrected chi connectivity index (χ0v) is 23.0. The van der Waals surface area contributed by atoms with Crippen LogP contribution in [0, 0.1) is 5.92 Å². The Hall–Kier alpha value is -1.72. The van der Waals surface area contributed by atoms with Crippen molar-refractivity contribution in [2.75, 3.05) is 93.9 Å². The van der Waals surface area contributed by atoms with Gasteiger partial charge in [0.05, 0.1) is 73.2 Å². The van der Waals surface area contributed by atoms with Crippen LogP contribution in [0.1, 0.15) is 17.5 Å². The van der Waals surface area contributed by atoms with E-state index in [0.717, 1.165) is 30.9 Å². The lowest BCUT2D eigenvalue weighted by molar-refractivity contribution is -0.0818. The predicted octanol–water partition coefficient (Wildman–Crippen LogP) is 2.24. The molecule has 2 aliphatic heterocycles. The third-order valence-corrected chi connectivity index (χ3v) is 8.42. The molecule has 0 radical (unpaired) electrons. The Morgan fingerprint density at radius 1 is 0.868 bits per heavy atom. The average molecular weight is 534 g/mol. The van der Waals surface area contributed by atoms with Crippen LogP contribution < -0.4 is 9.47 Å². The second kappa shape index (κ2) is 13.1. The molecule has 38 heavy (non-hydrogen) atoms. The van der Waals surface area contributed by atoms with Crippen LogP contribution in [0.15, 0.2) is 24.3 Å². The summed E-state index contributed by atoms with van der Waals surface area (Å²) in [6, 6.07) is 4.78. The summed E-state index contributed by atoms with van der Waals surface area (Å²) in [6.07, 6.45) is 6.55. The number of benzene rings is 1. The third-order valence-electron chi connectivity index (χ3n) is 8.42. The Morgan fingerprint density at radius 3 is 2.18 bits per heavy atom. The third kappa shape index (κ3) is 5.47. The van der Waals surface area contributed by atoms with Crippen molar-refractivity contribution in [3.63, 3.8) is 0 Å². The van der Waals surface area contributed by atoms with E-state index in [4.69, 9.17) is 37.9 Å². The first-order chi connectivity index (χ1) is 18.7. The van der Waals surface area contributed by atoms with Crippen molar-refractivity contribution < 1.29 is 37.9 Å². The second-order valence-electron chi connectivity index (χ2n) is 10.4. The van der Waals surface area contributed by atoms with Gasteiger partial charge in [-0.1, -0.05) is 18.2 Å². The standard InChI is InChI=1S/C29H43NO8/c1-30-9-8-29-22-5-7-25(28(29)38-27-24(32-3)6-4-21(26(27)29)20-23(22)30)37-19-18-36-17-16-35-15-14-34-13-12-33-11-10-31-2/h4-7,22-23,25,28H,8-20H2,1-3H3/t22?,23?,25-,28?,29-/m0/s1. The van der Waals surface area contributed by atoms with Crippen molar-refractivity contribution in [1.82, 2.24) is 4.90 Å². The summed E-state index contributed by atoms with van der Waals surface area (Å²) in [4.78, 5) is 2.52. The summed E-state index contributed by atoms with van der Waals surface area (Å²) in [5.41, 5.74) is 2.71. The minimum atomic E-state index is -0.117. The Balaban J connectivity index is 1.05. The summed E-state index contributed by atoms with van der Waals surface area (Å²) in [6.45, 7) is 6.52. The van der Waals surface area contributed by atoms with E-state index in [1.807, 2.05) is 0 Å². The first-order valence-electron chi connectivity index (χ1n) is 13.9. The number of piperidine rings is 1. The van der Waals surface area contributed by atoms with E-state index in [9.17, 15) is 0 Å². The largest absolute Gasteiger partial charge is 0.493 e. The molecule has 1 aromatic rings. The Morgan fingerprint density at radius 2 is 1.53 bits per heavy atom. The van der Waals surface area contributed by atoms with E-state index in [2.05, 4.69) is 36.2 Å². The zero-order valence-electron chi connectivity index (χ0n) is 23.0. The molecule has 1 fully saturated rings. The molecule has 1 aromatic carbocycles. The van der Waals surface area contributed by atoms with Crippen LogP contribution in [0.4, 0.5) is 0 Å². The molecular weight excluding hydrogens is 490 g/mol.